The van der Waals surface area contributed by atoms with Crippen LogP contribution in [0.3, 0.4) is 0 Å². The van der Waals surface area contributed by atoms with Crippen molar-refractivity contribution in [1.82, 2.24) is 9.80 Å². The second-order valence-electron chi connectivity index (χ2n) is 4.72. The van der Waals surface area contributed by atoms with Crippen molar-refractivity contribution in [2.24, 2.45) is 0 Å². The molecule has 0 atom stereocenters. The van der Waals surface area contributed by atoms with E-state index in [1.807, 2.05) is 0 Å². The van der Waals surface area contributed by atoms with Crippen molar-refractivity contribution in [1.29, 1.82) is 0 Å². The molecule has 3 heteroatoms. The van der Waals surface area contributed by atoms with Crippen LogP contribution in [0.2, 0.25) is 0 Å². The number of rotatable bonds is 3. The van der Waals surface area contributed by atoms with E-state index in [0.29, 0.717) is 6.54 Å². The Kier molecular flexibility index (Phi) is 3.76. The predicted molar refractivity (Wildman–Crippen MR) is 59.6 cm³/mol. The summed E-state index contributed by atoms with van der Waals surface area (Å²) in [6.45, 7) is 10.2. The van der Waals surface area contributed by atoms with Gasteiger partial charge >= 0.3 is 0 Å². The van der Waals surface area contributed by atoms with Gasteiger partial charge in [-0.3, -0.25) is 9.69 Å². The Morgan fingerprint density at radius 2 is 1.73 bits per heavy atom. The number of carbonyl (C=O) groups is 1. The zero-order valence-electron chi connectivity index (χ0n) is 9.32. The van der Waals surface area contributed by atoms with E-state index in [-0.39, 0.29) is 5.78 Å². The summed E-state index contributed by atoms with van der Waals surface area (Å²) >= 11 is 0. The van der Waals surface area contributed by atoms with Gasteiger partial charge in [-0.05, 0) is 38.8 Å². The van der Waals surface area contributed by atoms with Crippen LogP contribution in [-0.2, 0) is 4.79 Å². The number of likely N-dealkylation sites (tertiary alicyclic amines) is 2. The molecule has 0 aromatic carbocycles. The van der Waals surface area contributed by atoms with Gasteiger partial charge in [0.25, 0.3) is 0 Å². The van der Waals surface area contributed by atoms with E-state index in [9.17, 15) is 4.79 Å². The lowest BCUT2D eigenvalue weighted by atomic mass is 10.0. The van der Waals surface area contributed by atoms with E-state index in [1.165, 1.54) is 38.8 Å². The number of Topliss-reactive ketones (excluding diaryl/α,β-unsaturated/α-hetero) is 1. The van der Waals surface area contributed by atoms with Crippen molar-refractivity contribution < 1.29 is 4.79 Å². The first-order valence-corrected chi connectivity index (χ1v) is 6.00. The number of hydrogen-bond acceptors (Lipinski definition) is 3. The summed E-state index contributed by atoms with van der Waals surface area (Å²) in [7, 11) is 0. The molecule has 0 unspecified atom stereocenters. The fourth-order valence-electron chi connectivity index (χ4n) is 2.77. The summed E-state index contributed by atoms with van der Waals surface area (Å²) in [6, 6.07) is 0.761. The summed E-state index contributed by atoms with van der Waals surface area (Å²) in [5, 5.41) is 0. The molecular formula is C12H20N2O. The topological polar surface area (TPSA) is 23.6 Å². The van der Waals surface area contributed by atoms with Gasteiger partial charge in [0.05, 0.1) is 6.54 Å². The third kappa shape index (κ3) is 3.02. The quantitative estimate of drug-likeness (QED) is 0.686. The first-order chi connectivity index (χ1) is 7.25. The van der Waals surface area contributed by atoms with Gasteiger partial charge in [-0.15, -0.1) is 0 Å². The third-order valence-corrected chi connectivity index (χ3v) is 3.59. The monoisotopic (exact) mass is 208 g/mol. The molecule has 0 saturated carbocycles. The number of hydrogen-bond donors (Lipinski definition) is 0. The molecule has 2 radical (unpaired) electrons. The molecule has 0 N–H and O–H groups in total. The first-order valence-electron chi connectivity index (χ1n) is 6.00. The highest BCUT2D eigenvalue weighted by Crippen LogP contribution is 2.20. The highest BCUT2D eigenvalue weighted by Gasteiger charge is 2.26. The smallest absolute Gasteiger partial charge is 0.151 e. The summed E-state index contributed by atoms with van der Waals surface area (Å²) in [5.74, 6) is -0.199. The number of nitrogens with zero attached hydrogens (tertiary/aromatic N) is 2. The van der Waals surface area contributed by atoms with Crippen LogP contribution in [0.1, 0.15) is 25.7 Å². The molecule has 0 aromatic rings. The normalized spacial score (nSPS) is 25.9. The number of ketones is 1. The SMILES string of the molecule is [CH]C(=O)CN1CCC(N2CCCC2)CC1. The van der Waals surface area contributed by atoms with Crippen molar-refractivity contribution in [2.75, 3.05) is 32.7 Å². The molecule has 0 aromatic heterocycles. The highest BCUT2D eigenvalue weighted by atomic mass is 16.1. The minimum absolute atomic E-state index is 0.199. The molecule has 2 aliphatic heterocycles. The van der Waals surface area contributed by atoms with Gasteiger partial charge in [0.2, 0.25) is 0 Å². The molecule has 2 rings (SSSR count). The predicted octanol–water partition coefficient (Wildman–Crippen LogP) is 0.827. The zero-order valence-corrected chi connectivity index (χ0v) is 9.32. The van der Waals surface area contributed by atoms with Gasteiger partial charge in [0.1, 0.15) is 0 Å². The van der Waals surface area contributed by atoms with Crippen molar-refractivity contribution in [3.05, 3.63) is 6.92 Å². The van der Waals surface area contributed by atoms with Gasteiger partial charge in [-0.25, -0.2) is 0 Å². The lowest BCUT2D eigenvalue weighted by Gasteiger charge is -2.36. The van der Waals surface area contributed by atoms with E-state index < -0.39 is 0 Å². The Morgan fingerprint density at radius 1 is 1.13 bits per heavy atom. The maximum Gasteiger partial charge on any atom is 0.151 e. The number of piperidine rings is 1. The number of carbonyl (C=O) groups excluding carboxylic acids is 1. The van der Waals surface area contributed by atoms with Crippen LogP contribution >= 0.6 is 0 Å². The lowest BCUT2D eigenvalue weighted by molar-refractivity contribution is -0.116. The van der Waals surface area contributed by atoms with Gasteiger partial charge in [0, 0.05) is 26.1 Å². The molecule has 0 bridgehead atoms. The molecular weight excluding hydrogens is 188 g/mol. The van der Waals surface area contributed by atoms with Crippen molar-refractivity contribution >= 4 is 5.78 Å². The van der Waals surface area contributed by atoms with Crippen molar-refractivity contribution in [3.8, 4) is 0 Å². The van der Waals surface area contributed by atoms with E-state index in [2.05, 4.69) is 9.80 Å². The molecule has 0 amide bonds. The van der Waals surface area contributed by atoms with Crippen LogP contribution in [0.15, 0.2) is 0 Å². The van der Waals surface area contributed by atoms with E-state index in [1.54, 1.807) is 0 Å². The fraction of sp³-hybridized carbons (Fsp3) is 0.833. The zero-order chi connectivity index (χ0) is 10.7. The molecule has 2 fully saturated rings. The summed E-state index contributed by atoms with van der Waals surface area (Å²) < 4.78 is 0. The molecule has 3 nitrogen and oxygen atoms in total. The molecule has 2 aliphatic rings. The Balaban J connectivity index is 1.73. The molecule has 0 aliphatic carbocycles. The summed E-state index contributed by atoms with van der Waals surface area (Å²) in [6.07, 6.45) is 5.13. The van der Waals surface area contributed by atoms with Crippen LogP contribution in [-0.4, -0.2) is 54.3 Å². The van der Waals surface area contributed by atoms with Gasteiger partial charge in [-0.2, -0.15) is 0 Å². The minimum atomic E-state index is -0.199. The molecule has 84 valence electrons. The maximum absolute atomic E-state index is 10.8. The highest BCUT2D eigenvalue weighted by molar-refractivity contribution is 5.84. The first kappa shape index (κ1) is 11.1. The van der Waals surface area contributed by atoms with E-state index in [4.69, 9.17) is 6.92 Å². The molecule has 2 saturated heterocycles. The Labute approximate surface area is 92.4 Å². The second-order valence-corrected chi connectivity index (χ2v) is 4.72. The van der Waals surface area contributed by atoms with Gasteiger partial charge in [-0.1, -0.05) is 0 Å². The fourth-order valence-corrected chi connectivity index (χ4v) is 2.77. The average molecular weight is 208 g/mol. The average Bonchev–Trinajstić information content (AvgIpc) is 2.71. The van der Waals surface area contributed by atoms with Crippen molar-refractivity contribution in [2.45, 2.75) is 31.7 Å². The van der Waals surface area contributed by atoms with Crippen LogP contribution in [0.5, 0.6) is 0 Å². The van der Waals surface area contributed by atoms with Crippen LogP contribution in [0.25, 0.3) is 0 Å². The Hall–Kier alpha value is -0.410. The van der Waals surface area contributed by atoms with E-state index in [0.717, 1.165) is 19.1 Å². The van der Waals surface area contributed by atoms with Gasteiger partial charge in [0.15, 0.2) is 5.78 Å². The molecule has 0 spiro atoms. The summed E-state index contributed by atoms with van der Waals surface area (Å²) in [5.41, 5.74) is 0. The van der Waals surface area contributed by atoms with Crippen LogP contribution < -0.4 is 0 Å². The largest absolute Gasteiger partial charge is 0.300 e. The standard InChI is InChI=1S/C12H20N2O/c1-11(15)10-13-8-4-12(5-9-13)14-6-2-3-7-14/h1,12H,2-10H2. The van der Waals surface area contributed by atoms with Crippen LogP contribution in [0, 0.1) is 6.92 Å². The second kappa shape index (κ2) is 5.08. The Morgan fingerprint density at radius 3 is 2.27 bits per heavy atom. The van der Waals surface area contributed by atoms with Crippen molar-refractivity contribution in [3.63, 3.8) is 0 Å². The molecule has 15 heavy (non-hydrogen) atoms. The van der Waals surface area contributed by atoms with Gasteiger partial charge < -0.3 is 4.90 Å². The van der Waals surface area contributed by atoms with E-state index >= 15 is 0 Å². The van der Waals surface area contributed by atoms with Crippen LogP contribution in [0.4, 0.5) is 0 Å². The summed E-state index contributed by atoms with van der Waals surface area (Å²) in [4.78, 5) is 15.6. The molecule has 2 heterocycles. The Bertz CT molecular complexity index is 216. The third-order valence-electron chi connectivity index (χ3n) is 3.59. The minimum Gasteiger partial charge on any atom is -0.300 e. The lowest BCUT2D eigenvalue weighted by Crippen LogP contribution is -2.44. The maximum atomic E-state index is 10.8.